The van der Waals surface area contributed by atoms with Crippen LogP contribution in [0.5, 0.6) is 11.5 Å². The number of ether oxygens (including phenoxy) is 2. The minimum absolute atomic E-state index is 0.0920. The lowest BCUT2D eigenvalue weighted by Crippen LogP contribution is -2.31. The highest BCUT2D eigenvalue weighted by molar-refractivity contribution is 6.30. The molecule has 0 saturated heterocycles. The number of hydrogen-bond acceptors (Lipinski definition) is 6. The van der Waals surface area contributed by atoms with Gasteiger partial charge in [0.1, 0.15) is 24.7 Å². The van der Waals surface area contributed by atoms with Crippen molar-refractivity contribution in [1.29, 1.82) is 0 Å². The largest absolute Gasteiger partial charge is 0.488 e. The van der Waals surface area contributed by atoms with Crippen molar-refractivity contribution in [3.8, 4) is 11.5 Å². The van der Waals surface area contributed by atoms with Crippen LogP contribution in [0.15, 0.2) is 91.0 Å². The molecule has 7 nitrogen and oxygen atoms in total. The molecule has 0 radical (unpaired) electrons. The van der Waals surface area contributed by atoms with E-state index < -0.39 is 23.8 Å². The predicted molar refractivity (Wildman–Crippen MR) is 148 cm³/mol. The van der Waals surface area contributed by atoms with E-state index in [1.165, 1.54) is 13.0 Å². The Balaban J connectivity index is 1.55. The highest BCUT2D eigenvalue weighted by atomic mass is 16.5. The average Bonchev–Trinajstić information content (AvgIpc) is 2.94. The van der Waals surface area contributed by atoms with Crippen molar-refractivity contribution < 1.29 is 34.1 Å². The van der Waals surface area contributed by atoms with E-state index in [1.807, 2.05) is 60.7 Å². The van der Waals surface area contributed by atoms with Gasteiger partial charge < -0.3 is 19.7 Å². The zero-order valence-electron chi connectivity index (χ0n) is 21.9. The summed E-state index contributed by atoms with van der Waals surface area (Å²) in [6.45, 7) is 1.76. The van der Waals surface area contributed by atoms with E-state index in [1.54, 1.807) is 24.3 Å². The van der Waals surface area contributed by atoms with Crippen LogP contribution < -0.4 is 9.47 Å². The highest BCUT2D eigenvalue weighted by Crippen LogP contribution is 2.40. The molecule has 0 amide bonds. The van der Waals surface area contributed by atoms with E-state index in [0.717, 1.165) is 11.1 Å². The first-order valence-electron chi connectivity index (χ1n) is 12.9. The third-order valence-electron chi connectivity index (χ3n) is 6.78. The number of carboxylic acid groups (broad SMARTS) is 1. The van der Waals surface area contributed by atoms with Gasteiger partial charge in [-0.2, -0.15) is 0 Å². The Kier molecular flexibility index (Phi) is 7.49. The number of carbonyl (C=O) groups is 3. The Hall–Kier alpha value is -4.75. The lowest BCUT2D eigenvalue weighted by Gasteiger charge is -2.27. The molecule has 0 unspecified atom stereocenters. The lowest BCUT2D eigenvalue weighted by atomic mass is 9.80. The smallest absolute Gasteiger partial charge is 0.306 e. The normalized spacial score (nSPS) is 13.7. The SMILES string of the molecule is C[C@](O)(CC(=O)O)Cc1ccc2c(c1OCc1ccccc1)C(=O)c1cccc(OCc3ccccc3)c1C2=O. The van der Waals surface area contributed by atoms with E-state index in [-0.39, 0.29) is 53.4 Å². The number of benzene rings is 4. The Morgan fingerprint density at radius 2 is 1.30 bits per heavy atom. The molecule has 1 atom stereocenters. The van der Waals surface area contributed by atoms with Crippen molar-refractivity contribution in [2.45, 2.75) is 38.6 Å². The van der Waals surface area contributed by atoms with Crippen LogP contribution in [0.3, 0.4) is 0 Å². The summed E-state index contributed by atoms with van der Waals surface area (Å²) in [4.78, 5) is 39.1. The molecule has 0 fully saturated rings. The van der Waals surface area contributed by atoms with E-state index in [4.69, 9.17) is 9.47 Å². The van der Waals surface area contributed by atoms with Crippen LogP contribution >= 0.6 is 0 Å². The summed E-state index contributed by atoms with van der Waals surface area (Å²) in [5.41, 5.74) is 1.23. The molecule has 0 aromatic heterocycles. The summed E-state index contributed by atoms with van der Waals surface area (Å²) < 4.78 is 12.2. The summed E-state index contributed by atoms with van der Waals surface area (Å²) in [6.07, 6.45) is -0.592. The van der Waals surface area contributed by atoms with Crippen LogP contribution in [0.25, 0.3) is 0 Å². The molecule has 2 N–H and O–H groups in total. The fourth-order valence-electron chi connectivity index (χ4n) is 4.95. The number of carboxylic acids is 1. The van der Waals surface area contributed by atoms with Crippen molar-refractivity contribution in [2.24, 2.45) is 0 Å². The predicted octanol–water partition coefficient (Wildman–Crippen LogP) is 5.39. The third-order valence-corrected chi connectivity index (χ3v) is 6.78. The number of aliphatic carboxylic acids is 1. The maximum Gasteiger partial charge on any atom is 0.306 e. The summed E-state index contributed by atoms with van der Waals surface area (Å²) >= 11 is 0. The van der Waals surface area contributed by atoms with Crippen LogP contribution in [-0.4, -0.2) is 33.3 Å². The van der Waals surface area contributed by atoms with Crippen LogP contribution in [0.4, 0.5) is 0 Å². The second-order valence-corrected chi connectivity index (χ2v) is 10.1. The Labute approximate surface area is 231 Å². The van der Waals surface area contributed by atoms with Gasteiger partial charge in [-0.25, -0.2) is 0 Å². The van der Waals surface area contributed by atoms with Crippen LogP contribution in [0.1, 0.15) is 61.9 Å². The molecule has 1 aliphatic carbocycles. The zero-order valence-corrected chi connectivity index (χ0v) is 21.9. The zero-order chi connectivity index (χ0) is 28.3. The van der Waals surface area contributed by atoms with Crippen LogP contribution in [-0.2, 0) is 24.4 Å². The molecule has 5 rings (SSSR count). The van der Waals surface area contributed by atoms with E-state index in [0.29, 0.717) is 11.3 Å². The van der Waals surface area contributed by atoms with Gasteiger partial charge >= 0.3 is 5.97 Å². The molecule has 0 heterocycles. The van der Waals surface area contributed by atoms with E-state index >= 15 is 0 Å². The van der Waals surface area contributed by atoms with E-state index in [9.17, 15) is 24.6 Å². The molecule has 4 aromatic carbocycles. The quantitative estimate of drug-likeness (QED) is 0.246. The molecular formula is C33H28O7. The Morgan fingerprint density at radius 1 is 0.725 bits per heavy atom. The van der Waals surface area contributed by atoms with Gasteiger partial charge in [0, 0.05) is 17.5 Å². The monoisotopic (exact) mass is 536 g/mol. The van der Waals surface area contributed by atoms with Gasteiger partial charge in [-0.3, -0.25) is 14.4 Å². The van der Waals surface area contributed by atoms with Crippen molar-refractivity contribution in [1.82, 2.24) is 0 Å². The highest BCUT2D eigenvalue weighted by Gasteiger charge is 2.37. The fourth-order valence-corrected chi connectivity index (χ4v) is 4.95. The molecule has 7 heteroatoms. The fraction of sp³-hybridized carbons (Fsp3) is 0.182. The van der Waals surface area contributed by atoms with Crippen molar-refractivity contribution in [3.63, 3.8) is 0 Å². The van der Waals surface area contributed by atoms with Crippen LogP contribution in [0, 0.1) is 0 Å². The van der Waals surface area contributed by atoms with E-state index in [2.05, 4.69) is 0 Å². The molecule has 0 spiro atoms. The Morgan fingerprint density at radius 3 is 1.93 bits per heavy atom. The van der Waals surface area contributed by atoms with Crippen molar-refractivity contribution in [2.75, 3.05) is 0 Å². The first-order valence-corrected chi connectivity index (χ1v) is 12.9. The second kappa shape index (κ2) is 11.2. The summed E-state index contributed by atoms with van der Waals surface area (Å²) in [5, 5.41) is 20.1. The minimum Gasteiger partial charge on any atom is -0.488 e. The molecule has 202 valence electrons. The third kappa shape index (κ3) is 5.65. The number of carbonyl (C=O) groups excluding carboxylic acids is 2. The van der Waals surface area contributed by atoms with Crippen molar-refractivity contribution >= 4 is 17.5 Å². The van der Waals surface area contributed by atoms with Gasteiger partial charge in [0.2, 0.25) is 0 Å². The molecule has 1 aliphatic rings. The number of aliphatic hydroxyl groups is 1. The van der Waals surface area contributed by atoms with Crippen LogP contribution in [0.2, 0.25) is 0 Å². The van der Waals surface area contributed by atoms with Crippen molar-refractivity contribution in [3.05, 3.63) is 130 Å². The average molecular weight is 537 g/mol. The van der Waals surface area contributed by atoms with Gasteiger partial charge in [-0.15, -0.1) is 0 Å². The lowest BCUT2D eigenvalue weighted by molar-refractivity contribution is -0.141. The van der Waals surface area contributed by atoms with Gasteiger partial charge in [0.05, 0.1) is 23.1 Å². The molecule has 0 bridgehead atoms. The summed E-state index contributed by atoms with van der Waals surface area (Å²) in [6, 6.07) is 26.9. The molecule has 4 aromatic rings. The number of ketones is 2. The van der Waals surface area contributed by atoms with Gasteiger partial charge in [0.25, 0.3) is 0 Å². The van der Waals surface area contributed by atoms with Gasteiger partial charge in [0.15, 0.2) is 11.6 Å². The molecule has 0 aliphatic heterocycles. The number of fused-ring (bicyclic) bond motifs is 2. The maximum absolute atomic E-state index is 14.0. The first kappa shape index (κ1) is 26.8. The minimum atomic E-state index is -1.61. The molecule has 0 saturated carbocycles. The molecular weight excluding hydrogens is 508 g/mol. The summed E-state index contributed by atoms with van der Waals surface area (Å²) in [5.74, 6) is -1.46. The number of rotatable bonds is 10. The first-order chi connectivity index (χ1) is 19.2. The number of hydrogen-bond donors (Lipinski definition) is 2. The standard InChI is InChI=1S/C33H28O7/c1-33(38,18-27(34)35)17-23-15-16-25-29(32(23)40-20-22-11-6-3-7-12-22)31(37)24-13-8-14-26(28(24)30(25)36)39-19-21-9-4-2-5-10-21/h2-16,38H,17-20H2,1H3,(H,34,35)/t33-/m1/s1. The topological polar surface area (TPSA) is 110 Å². The Bertz CT molecular complexity index is 1570. The molecule has 40 heavy (non-hydrogen) atoms. The maximum atomic E-state index is 14.0. The second-order valence-electron chi connectivity index (χ2n) is 10.1. The summed E-state index contributed by atoms with van der Waals surface area (Å²) in [7, 11) is 0. The van der Waals surface area contributed by atoms with Gasteiger partial charge in [-0.1, -0.05) is 78.9 Å². The van der Waals surface area contributed by atoms with Gasteiger partial charge in [-0.05, 0) is 35.7 Å².